The summed E-state index contributed by atoms with van der Waals surface area (Å²) in [5, 5.41) is 0. The summed E-state index contributed by atoms with van der Waals surface area (Å²) < 4.78 is 37.9. The summed E-state index contributed by atoms with van der Waals surface area (Å²) in [6.45, 7) is 0. The Morgan fingerprint density at radius 1 is 0.867 bits per heavy atom. The van der Waals surface area contributed by atoms with Crippen molar-refractivity contribution in [1.29, 1.82) is 0 Å². The van der Waals surface area contributed by atoms with Gasteiger partial charge in [0.2, 0.25) is 0 Å². The standard InChI is InChI=1S/C23H21NO5S/c1-28-20-12-10-19(11-13-20)24-30(26,27)21-14-7-17(8-15-21)22(25)16-9-18-5-3-4-6-23(18)29-2/h3-16,24H,1-2H3/b16-9+. The Kier molecular flexibility index (Phi) is 6.54. The summed E-state index contributed by atoms with van der Waals surface area (Å²) in [6.07, 6.45) is 3.09. The highest BCUT2D eigenvalue weighted by atomic mass is 32.2. The maximum absolute atomic E-state index is 12.6. The molecule has 1 N–H and O–H groups in total. The van der Waals surface area contributed by atoms with Crippen molar-refractivity contribution < 1.29 is 22.7 Å². The molecule has 30 heavy (non-hydrogen) atoms. The van der Waals surface area contributed by atoms with Crippen LogP contribution in [0.5, 0.6) is 11.5 Å². The lowest BCUT2D eigenvalue weighted by Gasteiger charge is -2.09. The molecule has 6 nitrogen and oxygen atoms in total. The molecule has 7 heteroatoms. The molecule has 0 aromatic heterocycles. The van der Waals surface area contributed by atoms with E-state index < -0.39 is 10.0 Å². The first kappa shape index (κ1) is 21.1. The summed E-state index contributed by atoms with van der Waals surface area (Å²) in [4.78, 5) is 12.5. The highest BCUT2D eigenvalue weighted by molar-refractivity contribution is 7.92. The molecule has 0 bridgehead atoms. The van der Waals surface area contributed by atoms with Crippen LogP contribution in [-0.4, -0.2) is 28.4 Å². The van der Waals surface area contributed by atoms with Gasteiger partial charge in [-0.1, -0.05) is 18.2 Å². The molecule has 0 unspecified atom stereocenters. The molecular weight excluding hydrogens is 402 g/mol. The summed E-state index contributed by atoms with van der Waals surface area (Å²) in [7, 11) is -0.678. The average molecular weight is 423 g/mol. The number of methoxy groups -OCH3 is 2. The molecule has 0 aliphatic rings. The minimum Gasteiger partial charge on any atom is -0.497 e. The average Bonchev–Trinajstić information content (AvgIpc) is 2.78. The topological polar surface area (TPSA) is 81.7 Å². The van der Waals surface area contributed by atoms with E-state index in [-0.39, 0.29) is 10.7 Å². The van der Waals surface area contributed by atoms with Crippen LogP contribution in [0.25, 0.3) is 6.08 Å². The third-order valence-electron chi connectivity index (χ3n) is 4.34. The zero-order chi connectivity index (χ0) is 21.6. The summed E-state index contributed by atoms with van der Waals surface area (Å²) in [5.74, 6) is 1.04. The number of ether oxygens (including phenoxy) is 2. The van der Waals surface area contributed by atoms with Crippen LogP contribution in [0.3, 0.4) is 0 Å². The number of nitrogens with one attached hydrogen (secondary N) is 1. The van der Waals surface area contributed by atoms with E-state index >= 15 is 0 Å². The van der Waals surface area contributed by atoms with Crippen LogP contribution in [0, 0.1) is 0 Å². The van der Waals surface area contributed by atoms with Crippen LogP contribution >= 0.6 is 0 Å². The van der Waals surface area contributed by atoms with Crippen molar-refractivity contribution >= 4 is 27.6 Å². The van der Waals surface area contributed by atoms with E-state index in [9.17, 15) is 13.2 Å². The number of hydrogen-bond donors (Lipinski definition) is 1. The zero-order valence-corrected chi connectivity index (χ0v) is 17.3. The molecule has 0 atom stereocenters. The van der Waals surface area contributed by atoms with Crippen molar-refractivity contribution in [3.8, 4) is 11.5 Å². The zero-order valence-electron chi connectivity index (χ0n) is 16.5. The Hall–Kier alpha value is -3.58. The number of sulfonamides is 1. The van der Waals surface area contributed by atoms with Crippen molar-refractivity contribution in [2.24, 2.45) is 0 Å². The van der Waals surface area contributed by atoms with Gasteiger partial charge >= 0.3 is 0 Å². The quantitative estimate of drug-likeness (QED) is 0.429. The lowest BCUT2D eigenvalue weighted by molar-refractivity contribution is 0.104. The minimum absolute atomic E-state index is 0.0589. The Morgan fingerprint density at radius 2 is 1.53 bits per heavy atom. The molecule has 3 aromatic carbocycles. The second-order valence-corrected chi connectivity index (χ2v) is 7.98. The number of rotatable bonds is 8. The van der Waals surface area contributed by atoms with Gasteiger partial charge in [0.1, 0.15) is 11.5 Å². The first-order valence-electron chi connectivity index (χ1n) is 9.05. The largest absolute Gasteiger partial charge is 0.497 e. The fraction of sp³-hybridized carbons (Fsp3) is 0.0870. The fourth-order valence-electron chi connectivity index (χ4n) is 2.74. The molecule has 0 heterocycles. The van der Waals surface area contributed by atoms with Gasteiger partial charge < -0.3 is 9.47 Å². The number of para-hydroxylation sites is 1. The minimum atomic E-state index is -3.78. The van der Waals surface area contributed by atoms with Crippen molar-refractivity contribution in [2.45, 2.75) is 4.90 Å². The molecule has 0 aliphatic heterocycles. The Balaban J connectivity index is 1.73. The molecule has 3 rings (SSSR count). The number of carbonyl (C=O) groups is 1. The lowest BCUT2D eigenvalue weighted by atomic mass is 10.1. The van der Waals surface area contributed by atoms with Crippen LogP contribution in [-0.2, 0) is 10.0 Å². The van der Waals surface area contributed by atoms with Crippen LogP contribution in [0.15, 0.2) is 83.8 Å². The molecule has 0 saturated carbocycles. The number of anilines is 1. The molecule has 0 aliphatic carbocycles. The first-order chi connectivity index (χ1) is 14.4. The molecule has 0 amide bonds. The maximum atomic E-state index is 12.6. The number of allylic oxidation sites excluding steroid dienone is 1. The second-order valence-electron chi connectivity index (χ2n) is 6.30. The summed E-state index contributed by atoms with van der Waals surface area (Å²) in [5.41, 5.74) is 1.57. The van der Waals surface area contributed by atoms with Gasteiger partial charge in [-0.05, 0) is 66.7 Å². The predicted molar refractivity (Wildman–Crippen MR) is 117 cm³/mol. The first-order valence-corrected chi connectivity index (χ1v) is 10.5. The van der Waals surface area contributed by atoms with Gasteiger partial charge in [0.15, 0.2) is 5.78 Å². The highest BCUT2D eigenvalue weighted by Gasteiger charge is 2.15. The van der Waals surface area contributed by atoms with E-state index in [1.807, 2.05) is 18.2 Å². The van der Waals surface area contributed by atoms with Gasteiger partial charge in [-0.2, -0.15) is 0 Å². The van der Waals surface area contributed by atoms with Gasteiger partial charge in [0, 0.05) is 16.8 Å². The second kappa shape index (κ2) is 9.28. The monoisotopic (exact) mass is 423 g/mol. The Morgan fingerprint density at radius 3 is 2.17 bits per heavy atom. The van der Waals surface area contributed by atoms with Crippen LogP contribution in [0.1, 0.15) is 15.9 Å². The fourth-order valence-corrected chi connectivity index (χ4v) is 3.80. The van der Waals surface area contributed by atoms with Crippen molar-refractivity contribution in [2.75, 3.05) is 18.9 Å². The third-order valence-corrected chi connectivity index (χ3v) is 5.74. The van der Waals surface area contributed by atoms with E-state index in [1.54, 1.807) is 43.5 Å². The van der Waals surface area contributed by atoms with Crippen molar-refractivity contribution in [3.63, 3.8) is 0 Å². The molecule has 0 radical (unpaired) electrons. The van der Waals surface area contributed by atoms with E-state index in [4.69, 9.17) is 9.47 Å². The molecule has 0 fully saturated rings. The normalized spacial score (nSPS) is 11.3. The number of ketones is 1. The Labute approximate surface area is 175 Å². The van der Waals surface area contributed by atoms with Crippen LogP contribution in [0.2, 0.25) is 0 Å². The van der Waals surface area contributed by atoms with Gasteiger partial charge in [0.05, 0.1) is 19.1 Å². The number of benzene rings is 3. The third kappa shape index (κ3) is 5.07. The van der Waals surface area contributed by atoms with Gasteiger partial charge in [-0.15, -0.1) is 0 Å². The molecule has 0 saturated heterocycles. The van der Waals surface area contributed by atoms with Crippen molar-refractivity contribution in [3.05, 3.63) is 90.0 Å². The van der Waals surface area contributed by atoms with Gasteiger partial charge in [0.25, 0.3) is 10.0 Å². The SMILES string of the molecule is COc1ccc(NS(=O)(=O)c2ccc(C(=O)/C=C/c3ccccc3OC)cc2)cc1. The molecule has 3 aromatic rings. The summed E-state index contributed by atoms with van der Waals surface area (Å²) >= 11 is 0. The van der Waals surface area contributed by atoms with Crippen LogP contribution < -0.4 is 14.2 Å². The van der Waals surface area contributed by atoms with Gasteiger partial charge in [-0.3, -0.25) is 9.52 Å². The molecule has 154 valence electrons. The smallest absolute Gasteiger partial charge is 0.261 e. The van der Waals surface area contributed by atoms with E-state index in [1.165, 1.54) is 37.5 Å². The molecular formula is C23H21NO5S. The van der Waals surface area contributed by atoms with E-state index in [0.29, 0.717) is 22.7 Å². The number of carbonyl (C=O) groups excluding carboxylic acids is 1. The highest BCUT2D eigenvalue weighted by Crippen LogP contribution is 2.21. The Bertz CT molecular complexity index is 1150. The van der Waals surface area contributed by atoms with Gasteiger partial charge in [-0.25, -0.2) is 8.42 Å². The van der Waals surface area contributed by atoms with E-state index in [2.05, 4.69) is 4.72 Å². The predicted octanol–water partition coefficient (Wildman–Crippen LogP) is 4.40. The lowest BCUT2D eigenvalue weighted by Crippen LogP contribution is -2.13. The van der Waals surface area contributed by atoms with Crippen LogP contribution in [0.4, 0.5) is 5.69 Å². The number of hydrogen-bond acceptors (Lipinski definition) is 5. The molecule has 0 spiro atoms. The van der Waals surface area contributed by atoms with E-state index in [0.717, 1.165) is 5.56 Å². The summed E-state index contributed by atoms with van der Waals surface area (Å²) in [6, 6.07) is 19.6. The maximum Gasteiger partial charge on any atom is 0.261 e. The van der Waals surface area contributed by atoms with Crippen molar-refractivity contribution in [1.82, 2.24) is 0 Å².